The van der Waals surface area contributed by atoms with Crippen molar-refractivity contribution in [1.82, 2.24) is 4.98 Å². The number of carbonyl (C=O) groups is 1. The number of rotatable bonds is 5. The van der Waals surface area contributed by atoms with Gasteiger partial charge in [0.1, 0.15) is 10.0 Å². The van der Waals surface area contributed by atoms with Gasteiger partial charge in [-0.3, -0.25) is 9.52 Å². The largest absolute Gasteiger partial charge is 0.294 e. The number of aromatic nitrogens is 1. The van der Waals surface area contributed by atoms with Crippen LogP contribution in [0.25, 0.3) is 0 Å². The molecule has 0 saturated heterocycles. The van der Waals surface area contributed by atoms with Crippen LogP contribution in [0.15, 0.2) is 47.5 Å². The van der Waals surface area contributed by atoms with Gasteiger partial charge in [-0.2, -0.15) is 0 Å². The predicted octanol–water partition coefficient (Wildman–Crippen LogP) is 3.13. The minimum Gasteiger partial charge on any atom is -0.294 e. The van der Waals surface area contributed by atoms with Gasteiger partial charge in [-0.05, 0) is 49.2 Å². The molecule has 1 heterocycles. The number of benzene rings is 1. The zero-order valence-electron chi connectivity index (χ0n) is 11.5. The van der Waals surface area contributed by atoms with Gasteiger partial charge in [-0.25, -0.2) is 13.4 Å². The van der Waals surface area contributed by atoms with Crippen molar-refractivity contribution in [2.45, 2.75) is 17.7 Å². The maximum Gasteiger partial charge on any atom is 0.263 e. The molecule has 1 aromatic heterocycles. The van der Waals surface area contributed by atoms with Gasteiger partial charge in [-0.15, -0.1) is 0 Å². The van der Waals surface area contributed by atoms with E-state index in [2.05, 4.69) is 9.71 Å². The lowest BCUT2D eigenvalue weighted by atomic mass is 10.1. The number of hydrogen-bond acceptors (Lipinski definition) is 4. The van der Waals surface area contributed by atoms with Crippen molar-refractivity contribution in [3.05, 3.63) is 53.3 Å². The summed E-state index contributed by atoms with van der Waals surface area (Å²) >= 11 is 5.64. The van der Waals surface area contributed by atoms with E-state index in [1.54, 1.807) is 24.3 Å². The summed E-state index contributed by atoms with van der Waals surface area (Å²) in [5.74, 6) is 0.263. The molecule has 1 aromatic carbocycles. The highest BCUT2D eigenvalue weighted by molar-refractivity contribution is 7.92. The number of carbonyl (C=O) groups excluding carboxylic acids is 1. The Morgan fingerprint density at radius 2 is 1.82 bits per heavy atom. The molecule has 1 saturated carbocycles. The molecule has 1 aliphatic carbocycles. The van der Waals surface area contributed by atoms with Crippen LogP contribution in [0.4, 0.5) is 5.69 Å². The summed E-state index contributed by atoms with van der Waals surface area (Å²) in [5, 5.41) is 0.224. The van der Waals surface area contributed by atoms with E-state index in [0.717, 1.165) is 12.8 Å². The second kappa shape index (κ2) is 5.70. The molecule has 22 heavy (non-hydrogen) atoms. The Labute approximate surface area is 133 Å². The molecule has 0 amide bonds. The summed E-state index contributed by atoms with van der Waals surface area (Å²) in [5.41, 5.74) is 1.00. The first kappa shape index (κ1) is 15.0. The van der Waals surface area contributed by atoms with Crippen molar-refractivity contribution in [3.8, 4) is 0 Å². The number of pyridine rings is 1. The van der Waals surface area contributed by atoms with Crippen LogP contribution in [0.3, 0.4) is 0 Å². The van der Waals surface area contributed by atoms with E-state index in [4.69, 9.17) is 11.6 Å². The van der Waals surface area contributed by atoms with E-state index in [9.17, 15) is 13.2 Å². The molecule has 3 rings (SSSR count). The van der Waals surface area contributed by atoms with E-state index in [-0.39, 0.29) is 21.7 Å². The summed E-state index contributed by atoms with van der Waals surface area (Å²) in [7, 11) is -3.72. The summed E-state index contributed by atoms with van der Waals surface area (Å²) in [6.45, 7) is 0. The summed E-state index contributed by atoms with van der Waals surface area (Å²) in [6, 6.07) is 9.22. The maximum absolute atomic E-state index is 12.2. The molecule has 7 heteroatoms. The van der Waals surface area contributed by atoms with Crippen LogP contribution in [-0.4, -0.2) is 19.2 Å². The first-order chi connectivity index (χ1) is 10.5. The fraction of sp³-hybridized carbons (Fsp3) is 0.200. The van der Waals surface area contributed by atoms with Crippen LogP contribution in [0.5, 0.6) is 0 Å². The van der Waals surface area contributed by atoms with Crippen LogP contribution >= 0.6 is 11.6 Å². The molecule has 0 bridgehead atoms. The fourth-order valence-corrected chi connectivity index (χ4v) is 3.13. The predicted molar refractivity (Wildman–Crippen MR) is 83.6 cm³/mol. The lowest BCUT2D eigenvalue weighted by Gasteiger charge is -2.08. The number of ketones is 1. The average Bonchev–Trinajstić information content (AvgIpc) is 3.32. The fourth-order valence-electron chi connectivity index (χ4n) is 2.02. The molecule has 0 radical (unpaired) electrons. The van der Waals surface area contributed by atoms with E-state index in [1.165, 1.54) is 18.3 Å². The van der Waals surface area contributed by atoms with Crippen LogP contribution in [0.1, 0.15) is 23.2 Å². The number of hydrogen-bond donors (Lipinski definition) is 1. The Hall–Kier alpha value is -1.92. The second-order valence-corrected chi connectivity index (χ2v) is 7.21. The molecule has 1 aliphatic rings. The molecule has 1 fully saturated rings. The lowest BCUT2D eigenvalue weighted by molar-refractivity contribution is 0.0967. The quantitative estimate of drug-likeness (QED) is 0.672. The number of sulfonamides is 1. The van der Waals surface area contributed by atoms with Gasteiger partial charge in [0.05, 0.1) is 0 Å². The topological polar surface area (TPSA) is 76.1 Å². The molecule has 0 spiro atoms. The molecule has 0 unspecified atom stereocenters. The highest BCUT2D eigenvalue weighted by atomic mass is 35.5. The summed E-state index contributed by atoms with van der Waals surface area (Å²) in [4.78, 5) is 15.7. The van der Waals surface area contributed by atoms with E-state index >= 15 is 0 Å². The standard InChI is InChI=1S/C15H13ClN2O3S/c16-14-8-7-13(9-17-14)22(20,21)18-12-5-3-11(4-6-12)15(19)10-1-2-10/h3-10,18H,1-2H2. The third-order valence-corrected chi connectivity index (χ3v) is 4.97. The van der Waals surface area contributed by atoms with Gasteiger partial charge in [-0.1, -0.05) is 11.6 Å². The molecule has 114 valence electrons. The normalized spacial score (nSPS) is 14.6. The van der Waals surface area contributed by atoms with Crippen molar-refractivity contribution in [2.75, 3.05) is 4.72 Å². The Balaban J connectivity index is 1.77. The van der Waals surface area contributed by atoms with Crippen LogP contribution in [-0.2, 0) is 10.0 Å². The number of halogens is 1. The zero-order chi connectivity index (χ0) is 15.7. The number of anilines is 1. The molecule has 2 aromatic rings. The molecular weight excluding hydrogens is 324 g/mol. The molecule has 0 aliphatic heterocycles. The average molecular weight is 337 g/mol. The van der Waals surface area contributed by atoms with Gasteiger partial charge in [0.25, 0.3) is 10.0 Å². The zero-order valence-corrected chi connectivity index (χ0v) is 13.1. The minimum absolute atomic E-state index is 0.0232. The molecule has 5 nitrogen and oxygen atoms in total. The maximum atomic E-state index is 12.2. The summed E-state index contributed by atoms with van der Waals surface area (Å²) < 4.78 is 26.8. The number of Topliss-reactive ketones (excluding diaryl/α,β-unsaturated/α-hetero) is 1. The van der Waals surface area contributed by atoms with E-state index < -0.39 is 10.0 Å². The molecule has 1 N–H and O–H groups in total. The van der Waals surface area contributed by atoms with Gasteiger partial charge < -0.3 is 0 Å². The molecular formula is C15H13ClN2O3S. The van der Waals surface area contributed by atoms with Crippen molar-refractivity contribution in [1.29, 1.82) is 0 Å². The first-order valence-electron chi connectivity index (χ1n) is 6.74. The van der Waals surface area contributed by atoms with Crippen LogP contribution < -0.4 is 4.72 Å². The van der Waals surface area contributed by atoms with Crippen molar-refractivity contribution in [3.63, 3.8) is 0 Å². The van der Waals surface area contributed by atoms with Gasteiger partial charge in [0, 0.05) is 23.4 Å². The summed E-state index contributed by atoms with van der Waals surface area (Å²) in [6.07, 6.45) is 3.07. The van der Waals surface area contributed by atoms with Crippen molar-refractivity contribution < 1.29 is 13.2 Å². The lowest BCUT2D eigenvalue weighted by Crippen LogP contribution is -2.13. The minimum atomic E-state index is -3.72. The monoisotopic (exact) mass is 336 g/mol. The Morgan fingerprint density at radius 3 is 2.36 bits per heavy atom. The number of nitrogens with zero attached hydrogens (tertiary/aromatic N) is 1. The van der Waals surface area contributed by atoms with Gasteiger partial charge >= 0.3 is 0 Å². The highest BCUT2D eigenvalue weighted by Gasteiger charge is 2.30. The van der Waals surface area contributed by atoms with Gasteiger partial charge in [0.15, 0.2) is 5.78 Å². The Bertz CT molecular complexity index is 798. The van der Waals surface area contributed by atoms with Crippen molar-refractivity contribution in [2.24, 2.45) is 5.92 Å². The van der Waals surface area contributed by atoms with E-state index in [0.29, 0.717) is 11.3 Å². The number of nitrogens with one attached hydrogen (secondary N) is 1. The Kier molecular flexibility index (Phi) is 3.88. The highest BCUT2D eigenvalue weighted by Crippen LogP contribution is 2.32. The first-order valence-corrected chi connectivity index (χ1v) is 8.60. The van der Waals surface area contributed by atoms with Crippen LogP contribution in [0.2, 0.25) is 5.15 Å². The van der Waals surface area contributed by atoms with E-state index in [1.807, 2.05) is 0 Å². The van der Waals surface area contributed by atoms with Crippen molar-refractivity contribution >= 4 is 33.1 Å². The smallest absolute Gasteiger partial charge is 0.263 e. The second-order valence-electron chi connectivity index (χ2n) is 5.14. The molecule has 0 atom stereocenters. The van der Waals surface area contributed by atoms with Gasteiger partial charge in [0.2, 0.25) is 0 Å². The van der Waals surface area contributed by atoms with Crippen LogP contribution in [0, 0.1) is 5.92 Å². The third-order valence-electron chi connectivity index (χ3n) is 3.38. The Morgan fingerprint density at radius 1 is 1.14 bits per heavy atom. The third kappa shape index (κ3) is 3.28. The SMILES string of the molecule is O=C(c1ccc(NS(=O)(=O)c2ccc(Cl)nc2)cc1)C1CC1.